The summed E-state index contributed by atoms with van der Waals surface area (Å²) < 4.78 is 16.7. The molecule has 2 aliphatic rings. The Morgan fingerprint density at radius 1 is 1.32 bits per heavy atom. The van der Waals surface area contributed by atoms with E-state index in [1.807, 2.05) is 13.8 Å². The van der Waals surface area contributed by atoms with Gasteiger partial charge in [-0.15, -0.1) is 0 Å². The lowest BCUT2D eigenvalue weighted by Crippen LogP contribution is -2.36. The van der Waals surface area contributed by atoms with E-state index in [4.69, 9.17) is 14.2 Å². The van der Waals surface area contributed by atoms with Crippen molar-refractivity contribution in [3.05, 3.63) is 46.7 Å². The fourth-order valence-corrected chi connectivity index (χ4v) is 2.97. The van der Waals surface area contributed by atoms with E-state index in [1.165, 1.54) is 13.2 Å². The average molecular weight is 344 g/mol. The van der Waals surface area contributed by atoms with Crippen molar-refractivity contribution in [1.82, 2.24) is 0 Å². The summed E-state index contributed by atoms with van der Waals surface area (Å²) in [4.78, 5) is 23.3. The molecule has 1 aliphatic carbocycles. The Hall–Kier alpha value is -2.60. The predicted octanol–water partition coefficient (Wildman–Crippen LogP) is 2.61. The molecule has 3 rings (SSSR count). The predicted molar refractivity (Wildman–Crippen MR) is 89.9 cm³/mol. The highest BCUT2D eigenvalue weighted by molar-refractivity contribution is 5.93. The summed E-state index contributed by atoms with van der Waals surface area (Å²) in [5.41, 5.74) is 0.653. The topological polar surface area (TPSA) is 82.1 Å². The van der Waals surface area contributed by atoms with Gasteiger partial charge >= 0.3 is 5.97 Å². The SMILES string of the molecule is COC(=O)c1ccc2c(c1)C(OC1=CC(=O)CC1)=C(CO)C(C)(C)O2. The van der Waals surface area contributed by atoms with Gasteiger partial charge in [0.05, 0.1) is 24.8 Å². The number of esters is 1. The number of aliphatic hydroxyl groups excluding tert-OH is 1. The van der Waals surface area contributed by atoms with Crippen LogP contribution in [0.4, 0.5) is 0 Å². The minimum Gasteiger partial charge on any atom is -0.482 e. The fraction of sp³-hybridized carbons (Fsp3) is 0.368. The number of ketones is 1. The van der Waals surface area contributed by atoms with Crippen LogP contribution in [0.25, 0.3) is 5.76 Å². The van der Waals surface area contributed by atoms with Crippen LogP contribution in [-0.4, -0.2) is 36.2 Å². The van der Waals surface area contributed by atoms with Crippen molar-refractivity contribution in [3.8, 4) is 5.75 Å². The van der Waals surface area contributed by atoms with Crippen LogP contribution in [0.15, 0.2) is 35.6 Å². The van der Waals surface area contributed by atoms with E-state index in [2.05, 4.69) is 0 Å². The van der Waals surface area contributed by atoms with Crippen LogP contribution in [0.5, 0.6) is 5.75 Å². The van der Waals surface area contributed by atoms with Crippen molar-refractivity contribution in [1.29, 1.82) is 0 Å². The molecule has 6 heteroatoms. The van der Waals surface area contributed by atoms with Crippen LogP contribution in [0, 0.1) is 0 Å². The number of benzene rings is 1. The number of ether oxygens (including phenoxy) is 3. The molecule has 25 heavy (non-hydrogen) atoms. The Morgan fingerprint density at radius 2 is 2.08 bits per heavy atom. The number of methoxy groups -OCH3 is 1. The highest BCUT2D eigenvalue weighted by Crippen LogP contribution is 2.43. The molecule has 1 aromatic carbocycles. The zero-order valence-electron chi connectivity index (χ0n) is 14.4. The fourth-order valence-electron chi connectivity index (χ4n) is 2.97. The normalized spacial score (nSPS) is 18.4. The lowest BCUT2D eigenvalue weighted by atomic mass is 9.90. The minimum atomic E-state index is -0.785. The van der Waals surface area contributed by atoms with Gasteiger partial charge in [0.15, 0.2) is 5.78 Å². The average Bonchev–Trinajstić information content (AvgIpc) is 2.98. The maximum atomic E-state index is 11.8. The van der Waals surface area contributed by atoms with Gasteiger partial charge in [-0.05, 0) is 32.0 Å². The number of carbonyl (C=O) groups is 2. The van der Waals surface area contributed by atoms with Crippen LogP contribution >= 0.6 is 0 Å². The first kappa shape index (κ1) is 17.2. The van der Waals surface area contributed by atoms with E-state index < -0.39 is 11.6 Å². The van der Waals surface area contributed by atoms with Crippen molar-refractivity contribution in [3.63, 3.8) is 0 Å². The molecule has 0 amide bonds. The highest BCUT2D eigenvalue weighted by Gasteiger charge is 2.37. The second-order valence-corrected chi connectivity index (χ2v) is 6.46. The second-order valence-electron chi connectivity index (χ2n) is 6.46. The molecule has 0 saturated carbocycles. The molecule has 0 fully saturated rings. The summed E-state index contributed by atoms with van der Waals surface area (Å²) in [7, 11) is 1.31. The van der Waals surface area contributed by atoms with Gasteiger partial charge in [-0.3, -0.25) is 4.79 Å². The molecule has 0 saturated heterocycles. The molecule has 0 bridgehead atoms. The smallest absolute Gasteiger partial charge is 0.337 e. The van der Waals surface area contributed by atoms with Crippen molar-refractivity contribution in [2.45, 2.75) is 32.3 Å². The van der Waals surface area contributed by atoms with E-state index in [-0.39, 0.29) is 12.4 Å². The van der Waals surface area contributed by atoms with Crippen LogP contribution in [0.3, 0.4) is 0 Å². The molecule has 0 unspecified atom stereocenters. The maximum absolute atomic E-state index is 11.8. The third-order valence-corrected chi connectivity index (χ3v) is 4.34. The van der Waals surface area contributed by atoms with Crippen molar-refractivity contribution in [2.24, 2.45) is 0 Å². The number of hydrogen-bond donors (Lipinski definition) is 1. The quantitative estimate of drug-likeness (QED) is 0.846. The Bertz CT molecular complexity index is 800. The molecule has 1 heterocycles. The van der Waals surface area contributed by atoms with Crippen LogP contribution < -0.4 is 4.74 Å². The first-order valence-corrected chi connectivity index (χ1v) is 8.03. The van der Waals surface area contributed by atoms with Gasteiger partial charge in [0.1, 0.15) is 22.9 Å². The molecule has 1 aromatic rings. The number of carbonyl (C=O) groups excluding carboxylic acids is 2. The van der Waals surface area contributed by atoms with E-state index in [0.717, 1.165) is 0 Å². The van der Waals surface area contributed by atoms with E-state index >= 15 is 0 Å². The lowest BCUT2D eigenvalue weighted by molar-refractivity contribution is -0.114. The molecule has 1 N–H and O–H groups in total. The molecule has 0 radical (unpaired) electrons. The molecular weight excluding hydrogens is 324 g/mol. The minimum absolute atomic E-state index is 0.0102. The van der Waals surface area contributed by atoms with E-state index in [9.17, 15) is 14.7 Å². The Kier molecular flexibility index (Phi) is 4.39. The van der Waals surface area contributed by atoms with Crippen LogP contribution in [0.1, 0.15) is 42.6 Å². The standard InChI is InChI=1S/C19H20O6/c1-19(2)15(10-20)17(24-13-6-5-12(21)9-13)14-8-11(18(22)23-3)4-7-16(14)25-19/h4,7-9,20H,5-6,10H2,1-3H3. The van der Waals surface area contributed by atoms with E-state index in [1.54, 1.807) is 18.2 Å². The first-order valence-electron chi connectivity index (χ1n) is 8.03. The molecular formula is C19H20O6. The molecule has 132 valence electrons. The third-order valence-electron chi connectivity index (χ3n) is 4.34. The molecule has 0 spiro atoms. The Labute approximate surface area is 145 Å². The molecule has 1 aliphatic heterocycles. The summed E-state index contributed by atoms with van der Waals surface area (Å²) in [6.07, 6.45) is 2.38. The Balaban J connectivity index is 2.12. The van der Waals surface area contributed by atoms with Crippen LogP contribution in [-0.2, 0) is 14.3 Å². The van der Waals surface area contributed by atoms with E-state index in [0.29, 0.717) is 46.8 Å². The summed E-state index contributed by atoms with van der Waals surface area (Å²) in [6, 6.07) is 4.90. The van der Waals surface area contributed by atoms with Gasteiger partial charge in [-0.2, -0.15) is 0 Å². The molecule has 0 aromatic heterocycles. The zero-order valence-corrected chi connectivity index (χ0v) is 14.4. The highest BCUT2D eigenvalue weighted by atomic mass is 16.5. The summed E-state index contributed by atoms with van der Waals surface area (Å²) in [5, 5.41) is 9.88. The maximum Gasteiger partial charge on any atom is 0.337 e. The van der Waals surface area contributed by atoms with Gasteiger partial charge in [-0.25, -0.2) is 4.79 Å². The first-order chi connectivity index (χ1) is 11.9. The third kappa shape index (κ3) is 3.17. The number of allylic oxidation sites excluding steroid dienone is 2. The van der Waals surface area contributed by atoms with Gasteiger partial charge in [-0.1, -0.05) is 0 Å². The molecule has 0 atom stereocenters. The zero-order chi connectivity index (χ0) is 18.2. The van der Waals surface area contributed by atoms with Gasteiger partial charge in [0.25, 0.3) is 0 Å². The summed E-state index contributed by atoms with van der Waals surface area (Å²) >= 11 is 0. The number of hydrogen-bond acceptors (Lipinski definition) is 6. The number of aliphatic hydroxyl groups is 1. The van der Waals surface area contributed by atoms with Gasteiger partial charge in [0.2, 0.25) is 0 Å². The lowest BCUT2D eigenvalue weighted by Gasteiger charge is -2.36. The Morgan fingerprint density at radius 3 is 2.68 bits per heavy atom. The number of fused-ring (bicyclic) bond motifs is 1. The summed E-state index contributed by atoms with van der Waals surface area (Å²) in [5.74, 6) is 1.03. The van der Waals surface area contributed by atoms with Crippen molar-refractivity contribution in [2.75, 3.05) is 13.7 Å². The van der Waals surface area contributed by atoms with Crippen molar-refractivity contribution >= 4 is 17.5 Å². The molecule has 6 nitrogen and oxygen atoms in total. The van der Waals surface area contributed by atoms with Crippen molar-refractivity contribution < 1.29 is 28.9 Å². The van der Waals surface area contributed by atoms with Gasteiger partial charge in [0, 0.05) is 24.5 Å². The van der Waals surface area contributed by atoms with Gasteiger partial charge < -0.3 is 19.3 Å². The monoisotopic (exact) mass is 344 g/mol. The largest absolute Gasteiger partial charge is 0.482 e. The number of rotatable bonds is 4. The summed E-state index contributed by atoms with van der Waals surface area (Å²) in [6.45, 7) is 3.38. The van der Waals surface area contributed by atoms with Crippen LogP contribution in [0.2, 0.25) is 0 Å². The second kappa shape index (κ2) is 6.37.